The van der Waals surface area contributed by atoms with Gasteiger partial charge in [-0.1, -0.05) is 0 Å². The first kappa shape index (κ1) is 12.8. The number of nitrogen functional groups attached to an aromatic ring is 1. The van der Waals surface area contributed by atoms with Gasteiger partial charge < -0.3 is 10.6 Å². The van der Waals surface area contributed by atoms with Gasteiger partial charge in [0.1, 0.15) is 11.7 Å². The van der Waals surface area contributed by atoms with E-state index in [9.17, 15) is 8.42 Å². The number of sulfone groups is 1. The lowest BCUT2D eigenvalue weighted by molar-refractivity contribution is 0.600. The molecule has 0 bridgehead atoms. The van der Waals surface area contributed by atoms with Crippen LogP contribution < -0.4 is 10.6 Å². The fraction of sp³-hybridized carbons (Fsp3) is 0.455. The molecule has 18 heavy (non-hydrogen) atoms. The van der Waals surface area contributed by atoms with Crippen LogP contribution in [-0.2, 0) is 9.84 Å². The predicted octanol–water partition coefficient (Wildman–Crippen LogP) is -0.0110. The number of hydrogen-bond donors (Lipinski definition) is 2. The lowest BCUT2D eigenvalue weighted by Gasteiger charge is -2.24. The second kappa shape index (κ2) is 4.56. The van der Waals surface area contributed by atoms with Crippen LogP contribution in [0.3, 0.4) is 0 Å². The van der Waals surface area contributed by atoms with Crippen LogP contribution in [0.1, 0.15) is 12.0 Å². The highest BCUT2D eigenvalue weighted by molar-refractivity contribution is 7.91. The molecule has 98 valence electrons. The maximum absolute atomic E-state index is 11.5. The van der Waals surface area contributed by atoms with Crippen LogP contribution in [-0.4, -0.2) is 43.8 Å². The standard InChI is InChI=1S/C11H16N4O2S/c1-15(9-3-5-18(16,17)7-9)10-6-8(11(12)13)2-4-14-10/h2,4,6,9H,3,5,7H2,1H3,(H3,12,13). The first-order valence-corrected chi connectivity index (χ1v) is 7.45. The van der Waals surface area contributed by atoms with Gasteiger partial charge >= 0.3 is 0 Å². The molecule has 1 fully saturated rings. The molecule has 0 saturated carbocycles. The van der Waals surface area contributed by atoms with Crippen LogP contribution in [0.15, 0.2) is 18.3 Å². The summed E-state index contributed by atoms with van der Waals surface area (Å²) in [5, 5.41) is 7.38. The Bertz CT molecular complexity index is 570. The zero-order valence-electron chi connectivity index (χ0n) is 10.1. The molecule has 1 unspecified atom stereocenters. The third kappa shape index (κ3) is 2.61. The molecule has 1 aromatic rings. The van der Waals surface area contributed by atoms with Crippen molar-refractivity contribution in [3.63, 3.8) is 0 Å². The van der Waals surface area contributed by atoms with Gasteiger partial charge in [0.2, 0.25) is 0 Å². The van der Waals surface area contributed by atoms with E-state index >= 15 is 0 Å². The lowest BCUT2D eigenvalue weighted by atomic mass is 10.2. The molecule has 0 spiro atoms. The van der Waals surface area contributed by atoms with Crippen molar-refractivity contribution in [1.29, 1.82) is 5.41 Å². The minimum absolute atomic E-state index is 0.0221. The third-order valence-electron chi connectivity index (χ3n) is 3.17. The lowest BCUT2D eigenvalue weighted by Crippen LogP contribution is -2.33. The Kier molecular flexibility index (Phi) is 3.25. The Morgan fingerprint density at radius 2 is 2.33 bits per heavy atom. The molecule has 3 N–H and O–H groups in total. The topological polar surface area (TPSA) is 100 Å². The summed E-state index contributed by atoms with van der Waals surface area (Å²) in [5.41, 5.74) is 6.01. The van der Waals surface area contributed by atoms with E-state index in [0.29, 0.717) is 17.8 Å². The second-order valence-electron chi connectivity index (χ2n) is 4.48. The maximum Gasteiger partial charge on any atom is 0.152 e. The highest BCUT2D eigenvalue weighted by Gasteiger charge is 2.31. The van der Waals surface area contributed by atoms with Crippen LogP contribution in [0, 0.1) is 5.41 Å². The quantitative estimate of drug-likeness (QED) is 0.593. The number of aromatic nitrogens is 1. The Morgan fingerprint density at radius 1 is 1.61 bits per heavy atom. The van der Waals surface area contributed by atoms with Gasteiger partial charge in [-0.05, 0) is 18.6 Å². The van der Waals surface area contributed by atoms with E-state index in [1.165, 1.54) is 0 Å². The summed E-state index contributed by atoms with van der Waals surface area (Å²) < 4.78 is 22.9. The predicted molar refractivity (Wildman–Crippen MR) is 70.7 cm³/mol. The Morgan fingerprint density at radius 3 is 2.89 bits per heavy atom. The van der Waals surface area contributed by atoms with Crippen molar-refractivity contribution in [3.8, 4) is 0 Å². The van der Waals surface area contributed by atoms with Crippen LogP contribution in [0.25, 0.3) is 0 Å². The molecule has 7 heteroatoms. The maximum atomic E-state index is 11.5. The minimum atomic E-state index is -2.91. The fourth-order valence-electron chi connectivity index (χ4n) is 2.05. The van der Waals surface area contributed by atoms with Crippen LogP contribution in [0.5, 0.6) is 0 Å². The molecule has 1 saturated heterocycles. The summed E-state index contributed by atoms with van der Waals surface area (Å²) in [4.78, 5) is 6.04. The van der Waals surface area contributed by atoms with Gasteiger partial charge in [-0.25, -0.2) is 13.4 Å². The summed E-state index contributed by atoms with van der Waals surface area (Å²) in [5.74, 6) is 1.01. The summed E-state index contributed by atoms with van der Waals surface area (Å²) in [6.07, 6.45) is 2.19. The number of nitrogens with one attached hydrogen (secondary N) is 1. The largest absolute Gasteiger partial charge is 0.384 e. The first-order chi connectivity index (χ1) is 8.39. The van der Waals surface area contributed by atoms with Crippen LogP contribution >= 0.6 is 0 Å². The Hall–Kier alpha value is -1.63. The number of nitrogens with zero attached hydrogens (tertiary/aromatic N) is 2. The molecular weight excluding hydrogens is 252 g/mol. The summed E-state index contributed by atoms with van der Waals surface area (Å²) >= 11 is 0. The Balaban J connectivity index is 2.21. The van der Waals surface area contributed by atoms with Gasteiger partial charge in [0, 0.05) is 24.8 Å². The van der Waals surface area contributed by atoms with E-state index in [1.54, 1.807) is 18.3 Å². The monoisotopic (exact) mass is 268 g/mol. The van der Waals surface area contributed by atoms with E-state index in [-0.39, 0.29) is 23.4 Å². The smallest absolute Gasteiger partial charge is 0.152 e. The highest BCUT2D eigenvalue weighted by Crippen LogP contribution is 2.21. The summed E-state index contributed by atoms with van der Waals surface area (Å²) in [7, 11) is -1.09. The van der Waals surface area contributed by atoms with Crippen molar-refractivity contribution in [2.45, 2.75) is 12.5 Å². The van der Waals surface area contributed by atoms with E-state index in [2.05, 4.69) is 4.98 Å². The molecule has 2 rings (SSSR count). The summed E-state index contributed by atoms with van der Waals surface area (Å²) in [6, 6.07) is 3.31. The van der Waals surface area contributed by atoms with E-state index in [1.807, 2.05) is 11.9 Å². The zero-order chi connectivity index (χ0) is 13.3. The average Bonchev–Trinajstić information content (AvgIpc) is 2.69. The molecule has 1 aliphatic heterocycles. The van der Waals surface area contributed by atoms with E-state index in [4.69, 9.17) is 11.1 Å². The summed E-state index contributed by atoms with van der Waals surface area (Å²) in [6.45, 7) is 0. The molecule has 6 nitrogen and oxygen atoms in total. The van der Waals surface area contributed by atoms with Crippen LogP contribution in [0.4, 0.5) is 5.82 Å². The SMILES string of the molecule is CN(c1cc(C(=N)N)ccn1)C1CCS(=O)(=O)C1. The number of amidine groups is 1. The third-order valence-corrected chi connectivity index (χ3v) is 4.92. The fourth-order valence-corrected chi connectivity index (χ4v) is 3.82. The second-order valence-corrected chi connectivity index (χ2v) is 6.71. The molecule has 0 aromatic carbocycles. The van der Waals surface area contributed by atoms with E-state index in [0.717, 1.165) is 0 Å². The molecule has 0 amide bonds. The molecule has 1 atom stereocenters. The number of anilines is 1. The molecule has 1 aliphatic rings. The number of pyridine rings is 1. The molecule has 2 heterocycles. The van der Waals surface area contributed by atoms with E-state index < -0.39 is 9.84 Å². The van der Waals surface area contributed by atoms with Gasteiger partial charge in [0.15, 0.2) is 9.84 Å². The average molecular weight is 268 g/mol. The number of rotatable bonds is 3. The number of hydrogen-bond acceptors (Lipinski definition) is 5. The molecule has 1 aromatic heterocycles. The molecule has 0 radical (unpaired) electrons. The van der Waals surface area contributed by atoms with Crippen molar-refractivity contribution in [1.82, 2.24) is 4.98 Å². The molecular formula is C11H16N4O2S. The van der Waals surface area contributed by atoms with Crippen molar-refractivity contribution < 1.29 is 8.42 Å². The number of nitrogens with two attached hydrogens (primary N) is 1. The van der Waals surface area contributed by atoms with Crippen molar-refractivity contribution >= 4 is 21.5 Å². The minimum Gasteiger partial charge on any atom is -0.384 e. The van der Waals surface area contributed by atoms with Crippen LogP contribution in [0.2, 0.25) is 0 Å². The molecule has 0 aliphatic carbocycles. The highest BCUT2D eigenvalue weighted by atomic mass is 32.2. The van der Waals surface area contributed by atoms with Gasteiger partial charge in [0.05, 0.1) is 11.5 Å². The van der Waals surface area contributed by atoms with Gasteiger partial charge in [-0.15, -0.1) is 0 Å². The zero-order valence-corrected chi connectivity index (χ0v) is 10.9. The van der Waals surface area contributed by atoms with Crippen molar-refractivity contribution in [3.05, 3.63) is 23.9 Å². The Labute approximate surface area is 106 Å². The van der Waals surface area contributed by atoms with Gasteiger partial charge in [-0.2, -0.15) is 0 Å². The van der Waals surface area contributed by atoms with Gasteiger partial charge in [0.25, 0.3) is 0 Å². The van der Waals surface area contributed by atoms with Gasteiger partial charge in [-0.3, -0.25) is 5.41 Å². The normalized spacial score (nSPS) is 21.7. The van der Waals surface area contributed by atoms with Crippen molar-refractivity contribution in [2.24, 2.45) is 5.73 Å². The first-order valence-electron chi connectivity index (χ1n) is 5.63. The van der Waals surface area contributed by atoms with Crippen molar-refractivity contribution in [2.75, 3.05) is 23.5 Å².